The van der Waals surface area contributed by atoms with E-state index in [-0.39, 0.29) is 29.7 Å². The summed E-state index contributed by atoms with van der Waals surface area (Å²) >= 11 is 1.80. The maximum absolute atomic E-state index is 12.9. The number of carboxylic acids is 1. The van der Waals surface area contributed by atoms with E-state index >= 15 is 0 Å². The third kappa shape index (κ3) is 2.92. The summed E-state index contributed by atoms with van der Waals surface area (Å²) in [5.74, 6) is -0.376. The van der Waals surface area contributed by atoms with Crippen molar-refractivity contribution < 1.29 is 19.4 Å². The molecule has 5 nitrogen and oxygen atoms in total. The molecule has 2 saturated heterocycles. The zero-order valence-electron chi connectivity index (χ0n) is 16.9. The molecule has 0 aromatic heterocycles. The number of amides is 1. The van der Waals surface area contributed by atoms with E-state index in [0.717, 1.165) is 12.2 Å². The lowest BCUT2D eigenvalue weighted by molar-refractivity contribution is -0.144. The third-order valence-electron chi connectivity index (χ3n) is 7.22. The average Bonchev–Trinajstić information content (AvgIpc) is 3.41. The number of benzene rings is 2. The van der Waals surface area contributed by atoms with Gasteiger partial charge in [0.25, 0.3) is 0 Å². The number of carbonyl (C=O) groups is 2. The van der Waals surface area contributed by atoms with Gasteiger partial charge >= 0.3 is 12.1 Å². The van der Waals surface area contributed by atoms with Gasteiger partial charge in [0.05, 0.1) is 5.92 Å². The maximum atomic E-state index is 12.9. The minimum absolute atomic E-state index is 0.00847. The Labute approximate surface area is 180 Å². The molecule has 1 N–H and O–H groups in total. The van der Waals surface area contributed by atoms with E-state index < -0.39 is 18.0 Å². The zero-order chi connectivity index (χ0) is 20.9. The van der Waals surface area contributed by atoms with Crippen molar-refractivity contribution in [3.05, 3.63) is 59.7 Å². The maximum Gasteiger partial charge on any atom is 0.409 e. The van der Waals surface area contributed by atoms with Crippen LogP contribution in [0.4, 0.5) is 4.79 Å². The molecule has 2 aromatic rings. The molecule has 0 bridgehead atoms. The number of carboxylic acid groups (broad SMARTS) is 1. The fraction of sp³-hybridized carbons (Fsp3) is 0.417. The summed E-state index contributed by atoms with van der Waals surface area (Å²) in [6, 6.07) is 16.5. The fourth-order valence-corrected chi connectivity index (χ4v) is 7.08. The number of carbonyl (C=O) groups excluding carboxylic acids is 1. The Hall–Kier alpha value is -2.47. The van der Waals surface area contributed by atoms with Crippen molar-refractivity contribution in [1.82, 2.24) is 4.90 Å². The van der Waals surface area contributed by atoms with E-state index in [2.05, 4.69) is 31.2 Å². The first kappa shape index (κ1) is 19.5. The predicted molar refractivity (Wildman–Crippen MR) is 117 cm³/mol. The van der Waals surface area contributed by atoms with Crippen molar-refractivity contribution in [3.63, 3.8) is 0 Å². The Morgan fingerprint density at radius 1 is 1.13 bits per heavy atom. The van der Waals surface area contributed by atoms with Gasteiger partial charge in [0.2, 0.25) is 0 Å². The first-order chi connectivity index (χ1) is 14.5. The van der Waals surface area contributed by atoms with Crippen LogP contribution < -0.4 is 0 Å². The Balaban J connectivity index is 1.33. The monoisotopic (exact) mass is 423 g/mol. The summed E-state index contributed by atoms with van der Waals surface area (Å²) in [5.41, 5.74) is 4.39. The van der Waals surface area contributed by atoms with Crippen molar-refractivity contribution in [2.75, 3.05) is 25.4 Å². The summed E-state index contributed by atoms with van der Waals surface area (Å²) in [7, 11) is 0. The van der Waals surface area contributed by atoms with Gasteiger partial charge in [-0.15, -0.1) is 0 Å². The second-order valence-corrected chi connectivity index (χ2v) is 10.0. The molecule has 2 aromatic carbocycles. The van der Waals surface area contributed by atoms with Gasteiger partial charge in [-0.3, -0.25) is 4.79 Å². The molecule has 5 rings (SSSR count). The molecule has 0 radical (unpaired) electrons. The van der Waals surface area contributed by atoms with Crippen molar-refractivity contribution in [2.45, 2.75) is 24.5 Å². The molecule has 156 valence electrons. The standard InChI is InChI=1S/C24H25NO4S/c1-15-24(10-11-30-15)14-25(12-21(24)22(26)27)23(28)29-13-20-18-8-4-2-6-16(18)17-7-3-5-9-19(17)20/h2-9,15,20-21H,10-14H2,1H3,(H,26,27). The molecule has 2 heterocycles. The summed E-state index contributed by atoms with van der Waals surface area (Å²) in [6.45, 7) is 3.05. The first-order valence-corrected chi connectivity index (χ1v) is 11.5. The molecule has 2 aliphatic heterocycles. The fourth-order valence-electron chi connectivity index (χ4n) is 5.54. The Morgan fingerprint density at radius 3 is 2.33 bits per heavy atom. The SMILES string of the molecule is CC1SCCC12CN(C(=O)OCC1c3ccccc3-c3ccccc31)CC2C(=O)O. The second kappa shape index (κ2) is 7.34. The largest absolute Gasteiger partial charge is 0.481 e. The van der Waals surface area contributed by atoms with E-state index in [1.165, 1.54) is 22.3 Å². The van der Waals surface area contributed by atoms with Gasteiger partial charge in [-0.1, -0.05) is 55.5 Å². The average molecular weight is 424 g/mol. The first-order valence-electron chi connectivity index (χ1n) is 10.5. The van der Waals surface area contributed by atoms with Gasteiger partial charge in [-0.25, -0.2) is 4.79 Å². The summed E-state index contributed by atoms with van der Waals surface area (Å²) < 4.78 is 5.78. The number of hydrogen-bond donors (Lipinski definition) is 1. The molecular formula is C24H25NO4S. The molecule has 6 heteroatoms. The molecular weight excluding hydrogens is 398 g/mol. The molecule has 1 aliphatic carbocycles. The Bertz CT molecular complexity index is 963. The lowest BCUT2D eigenvalue weighted by atomic mass is 9.73. The molecule has 3 atom stereocenters. The van der Waals surface area contributed by atoms with Crippen molar-refractivity contribution in [1.29, 1.82) is 0 Å². The number of nitrogens with zero attached hydrogens (tertiary/aromatic N) is 1. The van der Waals surface area contributed by atoms with Crippen molar-refractivity contribution in [2.24, 2.45) is 11.3 Å². The minimum Gasteiger partial charge on any atom is -0.481 e. The highest BCUT2D eigenvalue weighted by Gasteiger charge is 2.57. The molecule has 1 spiro atoms. The van der Waals surface area contributed by atoms with Crippen LogP contribution in [0.25, 0.3) is 11.1 Å². The number of likely N-dealkylation sites (tertiary alicyclic amines) is 1. The summed E-state index contributed by atoms with van der Waals surface area (Å²) in [5, 5.41) is 10.0. The lowest BCUT2D eigenvalue weighted by Gasteiger charge is -2.31. The molecule has 3 unspecified atom stereocenters. The van der Waals surface area contributed by atoms with Crippen LogP contribution in [0.3, 0.4) is 0 Å². The van der Waals surface area contributed by atoms with Crippen LogP contribution in [0.1, 0.15) is 30.4 Å². The minimum atomic E-state index is -0.807. The number of rotatable bonds is 3. The van der Waals surface area contributed by atoms with Crippen molar-refractivity contribution >= 4 is 23.8 Å². The predicted octanol–water partition coefficient (Wildman–Crippen LogP) is 4.46. The van der Waals surface area contributed by atoms with Crippen LogP contribution >= 0.6 is 11.8 Å². The number of thioether (sulfide) groups is 1. The van der Waals surface area contributed by atoms with Gasteiger partial charge in [0, 0.05) is 29.7 Å². The van der Waals surface area contributed by atoms with E-state index in [9.17, 15) is 14.7 Å². The Morgan fingerprint density at radius 2 is 1.77 bits per heavy atom. The number of ether oxygens (including phenoxy) is 1. The van der Waals surface area contributed by atoms with Crippen molar-refractivity contribution in [3.8, 4) is 11.1 Å². The molecule has 0 saturated carbocycles. The number of hydrogen-bond acceptors (Lipinski definition) is 4. The van der Waals surface area contributed by atoms with Crippen LogP contribution in [0, 0.1) is 11.3 Å². The highest BCUT2D eigenvalue weighted by molar-refractivity contribution is 8.00. The highest BCUT2D eigenvalue weighted by atomic mass is 32.2. The van der Waals surface area contributed by atoms with E-state index in [4.69, 9.17) is 4.74 Å². The topological polar surface area (TPSA) is 66.8 Å². The molecule has 1 amide bonds. The zero-order valence-corrected chi connectivity index (χ0v) is 17.7. The van der Waals surface area contributed by atoms with Crippen LogP contribution in [-0.2, 0) is 9.53 Å². The van der Waals surface area contributed by atoms with Crippen LogP contribution in [0.15, 0.2) is 48.5 Å². The van der Waals surface area contributed by atoms with Gasteiger partial charge in [0.1, 0.15) is 6.61 Å². The van der Waals surface area contributed by atoms with Gasteiger partial charge in [-0.2, -0.15) is 11.8 Å². The van der Waals surface area contributed by atoms with Gasteiger partial charge in [-0.05, 0) is 34.4 Å². The van der Waals surface area contributed by atoms with Crippen LogP contribution in [0.5, 0.6) is 0 Å². The molecule has 30 heavy (non-hydrogen) atoms. The quantitative estimate of drug-likeness (QED) is 0.789. The molecule has 2 fully saturated rings. The van der Waals surface area contributed by atoms with Gasteiger partial charge < -0.3 is 14.7 Å². The summed E-state index contributed by atoms with van der Waals surface area (Å²) in [6.07, 6.45) is 0.437. The number of fused-ring (bicyclic) bond motifs is 3. The normalized spacial score (nSPS) is 27.3. The number of aliphatic carboxylic acids is 1. The van der Waals surface area contributed by atoms with Crippen LogP contribution in [-0.4, -0.2) is 52.8 Å². The van der Waals surface area contributed by atoms with E-state index in [1.54, 1.807) is 16.7 Å². The highest BCUT2D eigenvalue weighted by Crippen LogP contribution is 2.52. The van der Waals surface area contributed by atoms with Gasteiger partial charge in [0.15, 0.2) is 0 Å². The van der Waals surface area contributed by atoms with E-state index in [0.29, 0.717) is 6.54 Å². The molecule has 3 aliphatic rings. The smallest absolute Gasteiger partial charge is 0.409 e. The second-order valence-electron chi connectivity index (χ2n) is 8.57. The van der Waals surface area contributed by atoms with E-state index in [1.807, 2.05) is 24.3 Å². The Kier molecular flexibility index (Phi) is 4.77. The lowest BCUT2D eigenvalue weighted by Crippen LogP contribution is -2.39. The summed E-state index contributed by atoms with van der Waals surface area (Å²) in [4.78, 5) is 26.5. The van der Waals surface area contributed by atoms with Crippen LogP contribution in [0.2, 0.25) is 0 Å². The third-order valence-corrected chi connectivity index (χ3v) is 8.63.